The van der Waals surface area contributed by atoms with E-state index in [4.69, 9.17) is 5.90 Å². The van der Waals surface area contributed by atoms with Gasteiger partial charge in [0.2, 0.25) is 5.91 Å². The zero-order valence-corrected chi connectivity index (χ0v) is 8.54. The van der Waals surface area contributed by atoms with Gasteiger partial charge in [-0.3, -0.25) is 4.79 Å². The van der Waals surface area contributed by atoms with Gasteiger partial charge in [0.05, 0.1) is 12.0 Å². The Morgan fingerprint density at radius 2 is 2.15 bits per heavy atom. The number of rotatable bonds is 3. The van der Waals surface area contributed by atoms with E-state index in [2.05, 4.69) is 11.8 Å². The van der Waals surface area contributed by atoms with Crippen molar-refractivity contribution in [3.63, 3.8) is 0 Å². The molecule has 4 heteroatoms. The highest BCUT2D eigenvalue weighted by atomic mass is 16.6. The van der Waals surface area contributed by atoms with E-state index in [9.17, 15) is 4.79 Å². The Kier molecular flexibility index (Phi) is 2.93. The molecule has 1 fully saturated rings. The van der Waals surface area contributed by atoms with E-state index >= 15 is 0 Å². The van der Waals surface area contributed by atoms with E-state index in [1.807, 2.05) is 18.7 Å². The van der Waals surface area contributed by atoms with Gasteiger partial charge in [0.15, 0.2) is 0 Å². The van der Waals surface area contributed by atoms with Crippen LogP contribution in [0.1, 0.15) is 20.8 Å². The molecule has 2 N–H and O–H groups in total. The van der Waals surface area contributed by atoms with Crippen LogP contribution in [0.3, 0.4) is 0 Å². The Morgan fingerprint density at radius 3 is 2.54 bits per heavy atom. The van der Waals surface area contributed by atoms with Gasteiger partial charge < -0.3 is 9.74 Å². The molecule has 0 aliphatic carbocycles. The summed E-state index contributed by atoms with van der Waals surface area (Å²) >= 11 is 0. The third-order valence-electron chi connectivity index (χ3n) is 2.37. The zero-order valence-electron chi connectivity index (χ0n) is 8.54. The molecule has 0 bridgehead atoms. The van der Waals surface area contributed by atoms with Crippen LogP contribution in [0.25, 0.3) is 0 Å². The highest BCUT2D eigenvalue weighted by Crippen LogP contribution is 2.24. The molecule has 1 heterocycles. The Morgan fingerprint density at radius 1 is 1.62 bits per heavy atom. The minimum atomic E-state index is -0.491. The van der Waals surface area contributed by atoms with Gasteiger partial charge in [0.25, 0.3) is 0 Å². The summed E-state index contributed by atoms with van der Waals surface area (Å²) in [6.45, 7) is 7.85. The first kappa shape index (κ1) is 10.5. The number of nitrogens with zero attached hydrogens (tertiary/aromatic N) is 1. The van der Waals surface area contributed by atoms with Crippen molar-refractivity contribution in [3.8, 4) is 0 Å². The summed E-state index contributed by atoms with van der Waals surface area (Å²) in [5.74, 6) is 5.74. The number of hydrogen-bond donors (Lipinski definition) is 1. The number of nitrogens with two attached hydrogens (primary N) is 1. The molecule has 0 aromatic rings. The van der Waals surface area contributed by atoms with Gasteiger partial charge >= 0.3 is 0 Å². The second kappa shape index (κ2) is 3.64. The van der Waals surface area contributed by atoms with Crippen LogP contribution in [-0.2, 0) is 9.63 Å². The van der Waals surface area contributed by atoms with Crippen LogP contribution >= 0.6 is 0 Å². The van der Waals surface area contributed by atoms with E-state index in [0.29, 0.717) is 5.92 Å². The predicted octanol–water partition coefficient (Wildman–Crippen LogP) is 0.381. The van der Waals surface area contributed by atoms with Gasteiger partial charge in [-0.15, -0.1) is 0 Å². The van der Waals surface area contributed by atoms with E-state index < -0.39 is 5.41 Å². The number of carbonyl (C=O) groups is 1. The SMILES string of the molecule is CC1CN(C(=O)C(C)(C)CON)C1. The Balaban J connectivity index is 2.46. The molecule has 1 aliphatic rings. The van der Waals surface area contributed by atoms with Crippen LogP contribution in [0, 0.1) is 11.3 Å². The quantitative estimate of drug-likeness (QED) is 0.648. The molecule has 0 unspecified atom stereocenters. The standard InChI is InChI=1S/C9H18N2O2/c1-7-4-11(5-7)8(12)9(2,3)6-13-10/h7H,4-6,10H2,1-3H3. The fourth-order valence-corrected chi connectivity index (χ4v) is 1.56. The molecule has 0 aromatic heterocycles. The lowest BCUT2D eigenvalue weighted by molar-refractivity contribution is -0.150. The molecule has 4 nitrogen and oxygen atoms in total. The Labute approximate surface area is 79.0 Å². The van der Waals surface area contributed by atoms with Crippen molar-refractivity contribution in [1.82, 2.24) is 4.90 Å². The van der Waals surface area contributed by atoms with Crippen LogP contribution in [0.2, 0.25) is 0 Å². The molecular weight excluding hydrogens is 168 g/mol. The summed E-state index contributed by atoms with van der Waals surface area (Å²) in [7, 11) is 0. The van der Waals surface area contributed by atoms with Crippen molar-refractivity contribution in [2.24, 2.45) is 17.2 Å². The van der Waals surface area contributed by atoms with Crippen molar-refractivity contribution >= 4 is 5.91 Å². The summed E-state index contributed by atoms with van der Waals surface area (Å²) < 4.78 is 0. The number of likely N-dealkylation sites (tertiary alicyclic amines) is 1. The lowest BCUT2D eigenvalue weighted by Gasteiger charge is -2.41. The molecule has 13 heavy (non-hydrogen) atoms. The monoisotopic (exact) mass is 186 g/mol. The van der Waals surface area contributed by atoms with Gasteiger partial charge in [-0.25, -0.2) is 5.90 Å². The van der Waals surface area contributed by atoms with Gasteiger partial charge in [0.1, 0.15) is 0 Å². The predicted molar refractivity (Wildman–Crippen MR) is 49.7 cm³/mol. The minimum Gasteiger partial charge on any atom is -0.341 e. The largest absolute Gasteiger partial charge is 0.341 e. The van der Waals surface area contributed by atoms with Crippen LogP contribution < -0.4 is 5.90 Å². The van der Waals surface area contributed by atoms with E-state index in [1.165, 1.54) is 0 Å². The van der Waals surface area contributed by atoms with Crippen molar-refractivity contribution in [1.29, 1.82) is 0 Å². The summed E-state index contributed by atoms with van der Waals surface area (Å²) in [6.07, 6.45) is 0. The maximum atomic E-state index is 11.8. The topological polar surface area (TPSA) is 55.6 Å². The second-order valence-corrected chi connectivity index (χ2v) is 4.51. The first-order chi connectivity index (χ1) is 5.97. The second-order valence-electron chi connectivity index (χ2n) is 4.51. The van der Waals surface area contributed by atoms with Gasteiger partial charge in [0, 0.05) is 13.1 Å². The van der Waals surface area contributed by atoms with Crippen molar-refractivity contribution in [3.05, 3.63) is 0 Å². The molecule has 1 saturated heterocycles. The van der Waals surface area contributed by atoms with Gasteiger partial charge in [-0.2, -0.15) is 0 Å². The van der Waals surface area contributed by atoms with Crippen LogP contribution in [0.5, 0.6) is 0 Å². The zero-order chi connectivity index (χ0) is 10.1. The maximum Gasteiger partial charge on any atom is 0.230 e. The molecular formula is C9H18N2O2. The molecule has 1 amide bonds. The summed E-state index contributed by atoms with van der Waals surface area (Å²) in [5.41, 5.74) is -0.491. The fourth-order valence-electron chi connectivity index (χ4n) is 1.56. The molecule has 0 radical (unpaired) electrons. The summed E-state index contributed by atoms with van der Waals surface area (Å²) in [6, 6.07) is 0. The lowest BCUT2D eigenvalue weighted by Crippen LogP contribution is -2.54. The van der Waals surface area contributed by atoms with Crippen LogP contribution in [0.15, 0.2) is 0 Å². The van der Waals surface area contributed by atoms with E-state index in [1.54, 1.807) is 0 Å². The fraction of sp³-hybridized carbons (Fsp3) is 0.889. The molecule has 0 aromatic carbocycles. The van der Waals surface area contributed by atoms with Crippen molar-refractivity contribution < 1.29 is 9.63 Å². The molecule has 76 valence electrons. The Hall–Kier alpha value is -0.610. The molecule has 0 atom stereocenters. The number of hydrogen-bond acceptors (Lipinski definition) is 3. The molecule has 1 aliphatic heterocycles. The smallest absolute Gasteiger partial charge is 0.230 e. The van der Waals surface area contributed by atoms with Crippen LogP contribution in [-0.4, -0.2) is 30.5 Å². The van der Waals surface area contributed by atoms with E-state index in [0.717, 1.165) is 13.1 Å². The third kappa shape index (κ3) is 2.19. The third-order valence-corrected chi connectivity index (χ3v) is 2.37. The summed E-state index contributed by atoms with van der Waals surface area (Å²) in [5, 5.41) is 0. The number of carbonyl (C=O) groups excluding carboxylic acids is 1. The minimum absolute atomic E-state index is 0.135. The Bertz CT molecular complexity index is 198. The normalized spacial score (nSPS) is 18.6. The van der Waals surface area contributed by atoms with Crippen molar-refractivity contribution in [2.75, 3.05) is 19.7 Å². The summed E-state index contributed by atoms with van der Waals surface area (Å²) in [4.78, 5) is 18.1. The average Bonchev–Trinajstić information content (AvgIpc) is 1.97. The van der Waals surface area contributed by atoms with Crippen molar-refractivity contribution in [2.45, 2.75) is 20.8 Å². The molecule has 0 saturated carbocycles. The first-order valence-corrected chi connectivity index (χ1v) is 4.58. The highest BCUT2D eigenvalue weighted by molar-refractivity contribution is 5.82. The first-order valence-electron chi connectivity index (χ1n) is 4.58. The highest BCUT2D eigenvalue weighted by Gasteiger charge is 2.37. The average molecular weight is 186 g/mol. The molecule has 0 spiro atoms. The van der Waals surface area contributed by atoms with Crippen LogP contribution in [0.4, 0.5) is 0 Å². The lowest BCUT2D eigenvalue weighted by atomic mass is 9.89. The number of amides is 1. The molecule has 1 rings (SSSR count). The van der Waals surface area contributed by atoms with E-state index in [-0.39, 0.29) is 12.5 Å². The van der Waals surface area contributed by atoms with Gasteiger partial charge in [-0.05, 0) is 19.8 Å². The van der Waals surface area contributed by atoms with Gasteiger partial charge in [-0.1, -0.05) is 6.92 Å². The maximum absolute atomic E-state index is 11.8.